The highest BCUT2D eigenvalue weighted by Crippen LogP contribution is 2.32. The maximum absolute atomic E-state index is 11.1. The molecule has 6 heteroatoms. The van der Waals surface area contributed by atoms with Crippen LogP contribution in [0.2, 0.25) is 0 Å². The summed E-state index contributed by atoms with van der Waals surface area (Å²) in [5, 5.41) is 17.8. The average molecular weight is 356 g/mol. The van der Waals surface area contributed by atoms with Crippen molar-refractivity contribution >= 4 is 23.1 Å². The number of pyridine rings is 1. The Kier molecular flexibility index (Phi) is 4.22. The van der Waals surface area contributed by atoms with Crippen molar-refractivity contribution in [1.29, 1.82) is 0 Å². The van der Waals surface area contributed by atoms with Crippen molar-refractivity contribution in [1.82, 2.24) is 9.38 Å². The molecule has 0 radical (unpaired) electrons. The quantitative estimate of drug-likeness (QED) is 0.496. The van der Waals surface area contributed by atoms with Gasteiger partial charge in [-0.25, -0.2) is 9.78 Å². The van der Waals surface area contributed by atoms with Gasteiger partial charge in [-0.05, 0) is 37.3 Å². The summed E-state index contributed by atoms with van der Waals surface area (Å²) >= 11 is 0. The molecule has 1 N–H and O–H groups in total. The Labute approximate surface area is 155 Å². The lowest BCUT2D eigenvalue weighted by molar-refractivity contribution is 0.0697. The highest BCUT2D eigenvalue weighted by Gasteiger charge is 2.13. The molecule has 2 aromatic carbocycles. The maximum Gasteiger partial charge on any atom is 0.335 e. The number of nitrogens with zero attached hydrogens (tertiary/aromatic N) is 4. The van der Waals surface area contributed by atoms with Crippen LogP contribution in [-0.4, -0.2) is 20.5 Å². The van der Waals surface area contributed by atoms with Crippen LogP contribution in [0.25, 0.3) is 16.9 Å². The fraction of sp³-hybridized carbons (Fsp3) is 0.0476. The molecule has 2 aromatic heterocycles. The first-order valence-corrected chi connectivity index (χ1v) is 8.41. The van der Waals surface area contributed by atoms with Crippen LogP contribution in [0.15, 0.2) is 83.2 Å². The van der Waals surface area contributed by atoms with Crippen LogP contribution in [0.5, 0.6) is 0 Å². The molecular formula is C21H16N4O2. The third-order valence-electron chi connectivity index (χ3n) is 4.18. The minimum absolute atomic E-state index is 0.170. The van der Waals surface area contributed by atoms with Crippen molar-refractivity contribution in [2.75, 3.05) is 0 Å². The van der Waals surface area contributed by atoms with E-state index in [4.69, 9.17) is 5.11 Å². The van der Waals surface area contributed by atoms with Crippen molar-refractivity contribution < 1.29 is 9.90 Å². The number of carbonyl (C=O) groups is 1. The topological polar surface area (TPSA) is 79.3 Å². The zero-order chi connectivity index (χ0) is 18.8. The number of imidazole rings is 1. The lowest BCUT2D eigenvalue weighted by Crippen LogP contribution is -1.94. The highest BCUT2D eigenvalue weighted by atomic mass is 16.4. The van der Waals surface area contributed by atoms with E-state index in [1.54, 1.807) is 12.1 Å². The van der Waals surface area contributed by atoms with Gasteiger partial charge in [-0.1, -0.05) is 42.0 Å². The number of hydrogen-bond donors (Lipinski definition) is 1. The third kappa shape index (κ3) is 3.32. The lowest BCUT2D eigenvalue weighted by atomic mass is 10.1. The van der Waals surface area contributed by atoms with Gasteiger partial charge in [0.25, 0.3) is 0 Å². The van der Waals surface area contributed by atoms with Gasteiger partial charge in [0.05, 0.1) is 11.3 Å². The van der Waals surface area contributed by atoms with E-state index in [2.05, 4.69) is 15.2 Å². The summed E-state index contributed by atoms with van der Waals surface area (Å²) in [5.41, 5.74) is 4.23. The molecule has 6 nitrogen and oxygen atoms in total. The Hall–Kier alpha value is -3.80. The first-order valence-electron chi connectivity index (χ1n) is 8.41. The average Bonchev–Trinajstić information content (AvgIpc) is 3.06. The second kappa shape index (κ2) is 6.84. The summed E-state index contributed by atoms with van der Waals surface area (Å²) in [6, 6.07) is 20.1. The normalized spacial score (nSPS) is 11.3. The molecule has 0 amide bonds. The maximum atomic E-state index is 11.1. The van der Waals surface area contributed by atoms with Crippen LogP contribution in [0.4, 0.5) is 11.5 Å². The largest absolute Gasteiger partial charge is 0.478 e. The number of hydrogen-bond acceptors (Lipinski definition) is 4. The molecule has 132 valence electrons. The van der Waals surface area contributed by atoms with Gasteiger partial charge in [0.15, 0.2) is 5.82 Å². The van der Waals surface area contributed by atoms with Crippen molar-refractivity contribution in [3.63, 3.8) is 0 Å². The van der Waals surface area contributed by atoms with Gasteiger partial charge in [-0.2, -0.15) is 0 Å². The van der Waals surface area contributed by atoms with E-state index in [9.17, 15) is 4.79 Å². The second-order valence-corrected chi connectivity index (χ2v) is 6.13. The van der Waals surface area contributed by atoms with Crippen LogP contribution in [0.1, 0.15) is 15.9 Å². The van der Waals surface area contributed by atoms with Gasteiger partial charge in [0.2, 0.25) is 0 Å². The monoisotopic (exact) mass is 356 g/mol. The summed E-state index contributed by atoms with van der Waals surface area (Å²) in [6.45, 7) is 2.03. The molecule has 4 aromatic rings. The van der Waals surface area contributed by atoms with Gasteiger partial charge >= 0.3 is 5.97 Å². The van der Waals surface area contributed by atoms with E-state index in [0.29, 0.717) is 11.5 Å². The number of benzene rings is 2. The Morgan fingerprint density at radius 3 is 2.59 bits per heavy atom. The fourth-order valence-electron chi connectivity index (χ4n) is 2.79. The van der Waals surface area contributed by atoms with E-state index in [1.807, 2.05) is 60.0 Å². The summed E-state index contributed by atoms with van der Waals surface area (Å²) in [7, 11) is 0. The number of aromatic carboxylic acids is 1. The highest BCUT2D eigenvalue weighted by molar-refractivity contribution is 5.88. The van der Waals surface area contributed by atoms with E-state index in [-0.39, 0.29) is 5.56 Å². The standard InChI is InChI=1S/C21H16N4O2/c1-14-8-10-15(11-9-14)19-20(25-12-3-2-7-18(25)22-19)24-23-17-6-4-5-16(13-17)21(26)27/h2-13H,1H3,(H,26,27). The Bertz CT molecular complexity index is 1160. The van der Waals surface area contributed by atoms with Crippen LogP contribution < -0.4 is 0 Å². The number of fused-ring (bicyclic) bond motifs is 1. The molecule has 2 heterocycles. The number of carboxylic acid groups (broad SMARTS) is 1. The Balaban J connectivity index is 1.83. The molecular weight excluding hydrogens is 340 g/mol. The molecule has 0 aliphatic rings. The van der Waals surface area contributed by atoms with E-state index in [1.165, 1.54) is 12.1 Å². The van der Waals surface area contributed by atoms with Crippen molar-refractivity contribution in [2.24, 2.45) is 10.2 Å². The molecule has 4 rings (SSSR count). The van der Waals surface area contributed by atoms with Gasteiger partial charge in [0, 0.05) is 11.8 Å². The Morgan fingerprint density at radius 2 is 1.81 bits per heavy atom. The second-order valence-electron chi connectivity index (χ2n) is 6.13. The number of rotatable bonds is 4. The van der Waals surface area contributed by atoms with E-state index in [0.717, 1.165) is 22.5 Å². The smallest absolute Gasteiger partial charge is 0.335 e. The summed E-state index contributed by atoms with van der Waals surface area (Å²) in [5.74, 6) is -0.405. The number of aromatic nitrogens is 2. The van der Waals surface area contributed by atoms with Crippen LogP contribution in [0, 0.1) is 6.92 Å². The minimum Gasteiger partial charge on any atom is -0.478 e. The third-order valence-corrected chi connectivity index (χ3v) is 4.18. The molecule has 0 aliphatic carbocycles. The fourth-order valence-corrected chi connectivity index (χ4v) is 2.79. The lowest BCUT2D eigenvalue weighted by Gasteiger charge is -2.01. The first kappa shape index (κ1) is 16.7. The van der Waals surface area contributed by atoms with Crippen LogP contribution in [0.3, 0.4) is 0 Å². The Morgan fingerprint density at radius 1 is 1.00 bits per heavy atom. The zero-order valence-electron chi connectivity index (χ0n) is 14.6. The van der Waals surface area contributed by atoms with Crippen molar-refractivity contribution in [3.8, 4) is 11.3 Å². The predicted molar refractivity (Wildman–Crippen MR) is 103 cm³/mol. The number of carboxylic acids is 1. The molecule has 0 bridgehead atoms. The minimum atomic E-state index is -0.998. The molecule has 0 saturated carbocycles. The SMILES string of the molecule is Cc1ccc(-c2nc3ccccn3c2N=Nc2cccc(C(=O)O)c2)cc1. The van der Waals surface area contributed by atoms with Gasteiger partial charge in [-0.15, -0.1) is 10.2 Å². The number of azo groups is 1. The van der Waals surface area contributed by atoms with E-state index >= 15 is 0 Å². The molecule has 0 spiro atoms. The first-order chi connectivity index (χ1) is 13.1. The molecule has 0 unspecified atom stereocenters. The summed E-state index contributed by atoms with van der Waals surface area (Å²) in [6.07, 6.45) is 1.88. The molecule has 27 heavy (non-hydrogen) atoms. The molecule has 0 fully saturated rings. The summed E-state index contributed by atoms with van der Waals surface area (Å²) < 4.78 is 1.86. The number of aryl methyl sites for hydroxylation is 1. The molecule has 0 atom stereocenters. The van der Waals surface area contributed by atoms with Crippen molar-refractivity contribution in [2.45, 2.75) is 6.92 Å². The van der Waals surface area contributed by atoms with Crippen LogP contribution >= 0.6 is 0 Å². The van der Waals surface area contributed by atoms with Crippen LogP contribution in [-0.2, 0) is 0 Å². The van der Waals surface area contributed by atoms with Gasteiger partial charge in [-0.3, -0.25) is 4.40 Å². The van der Waals surface area contributed by atoms with Gasteiger partial charge < -0.3 is 5.11 Å². The molecule has 0 aliphatic heterocycles. The van der Waals surface area contributed by atoms with Crippen molar-refractivity contribution in [3.05, 3.63) is 84.1 Å². The molecule has 0 saturated heterocycles. The van der Waals surface area contributed by atoms with E-state index < -0.39 is 5.97 Å². The predicted octanol–water partition coefficient (Wildman–Crippen LogP) is 5.42. The summed E-state index contributed by atoms with van der Waals surface area (Å²) in [4.78, 5) is 15.8. The van der Waals surface area contributed by atoms with Gasteiger partial charge in [0.1, 0.15) is 11.3 Å². The zero-order valence-corrected chi connectivity index (χ0v) is 14.6.